The molecule has 5 heavy (non-hydrogen) atoms. The van der Waals surface area contributed by atoms with E-state index in [1.807, 2.05) is 0 Å². The van der Waals surface area contributed by atoms with Crippen molar-refractivity contribution < 1.29 is 0 Å². The van der Waals surface area contributed by atoms with E-state index in [1.54, 1.807) is 6.07 Å². The van der Waals surface area contributed by atoms with Crippen molar-refractivity contribution in [3.8, 4) is 6.07 Å². The lowest BCUT2D eigenvalue weighted by atomic mass is 10.8. The number of nitriles is 1. The van der Waals surface area contributed by atoms with E-state index < -0.39 is 0 Å². The molecule has 0 aromatic carbocycles. The van der Waals surface area contributed by atoms with Gasteiger partial charge in [0.2, 0.25) is 0 Å². The van der Waals surface area contributed by atoms with Crippen LogP contribution in [0.4, 0.5) is 0 Å². The smallest absolute Gasteiger partial charge is 0.0815 e. The van der Waals surface area contributed by atoms with Crippen LogP contribution in [0, 0.1) is 11.3 Å². The van der Waals surface area contributed by atoms with Gasteiger partial charge in [0.1, 0.15) is 0 Å². The lowest BCUT2D eigenvalue weighted by molar-refractivity contribution is 1.25. The standard InChI is InChI=1S/C2H4N2.ClH/c3-1-2-4;/h1,3H2;1H. The maximum Gasteiger partial charge on any atom is 0.0815 e. The highest BCUT2D eigenvalue weighted by molar-refractivity contribution is 5.85. The van der Waals surface area contributed by atoms with Gasteiger partial charge >= 0.3 is 0 Å². The summed E-state index contributed by atoms with van der Waals surface area (Å²) in [7, 11) is 0. The summed E-state index contributed by atoms with van der Waals surface area (Å²) in [4.78, 5) is 0. The number of nitrogens with two attached hydrogens (primary N) is 1. The van der Waals surface area contributed by atoms with E-state index in [2.05, 4.69) is 5.73 Å². The van der Waals surface area contributed by atoms with E-state index in [0.717, 1.165) is 0 Å². The molecule has 0 aromatic rings. The molecule has 0 aromatic heterocycles. The largest absolute Gasteiger partial charge is 0.318 e. The van der Waals surface area contributed by atoms with Crippen LogP contribution >= 0.6 is 12.4 Å². The van der Waals surface area contributed by atoms with E-state index in [9.17, 15) is 0 Å². The molecule has 0 fully saturated rings. The average molecular weight is 92.5 g/mol. The third-order valence-corrected chi connectivity index (χ3v) is 0.0913. The van der Waals surface area contributed by atoms with E-state index in [4.69, 9.17) is 5.26 Å². The monoisotopic (exact) mass is 92.0 g/mol. The Balaban J connectivity index is 0. The average Bonchev–Trinajstić information content (AvgIpc) is 1.37. The highest BCUT2D eigenvalue weighted by atomic mass is 35.5. The van der Waals surface area contributed by atoms with E-state index in [0.29, 0.717) is 0 Å². The van der Waals surface area contributed by atoms with Gasteiger partial charge in [0.05, 0.1) is 12.6 Å². The summed E-state index contributed by atoms with van der Waals surface area (Å²) < 4.78 is 0. The number of nitrogens with zero attached hydrogens (tertiary/aromatic N) is 1. The number of hydrogen-bond donors (Lipinski definition) is 1. The Morgan fingerprint density at radius 1 is 1.80 bits per heavy atom. The Morgan fingerprint density at radius 3 is 2.00 bits per heavy atom. The lowest BCUT2D eigenvalue weighted by Gasteiger charge is -1.51. The molecule has 2 N–H and O–H groups in total. The summed E-state index contributed by atoms with van der Waals surface area (Å²) in [5, 5.41) is 7.50. The summed E-state index contributed by atoms with van der Waals surface area (Å²) in [6, 6.07) is 1.71. The molecular weight excluding hydrogens is 87.5 g/mol. The van der Waals surface area contributed by atoms with Gasteiger partial charge in [-0.1, -0.05) is 0 Å². The first-order valence-corrected chi connectivity index (χ1v) is 0.985. The van der Waals surface area contributed by atoms with Gasteiger partial charge in [0.15, 0.2) is 0 Å². The maximum absolute atomic E-state index is 7.50. The van der Waals surface area contributed by atoms with E-state index in [-0.39, 0.29) is 19.0 Å². The van der Waals surface area contributed by atoms with Crippen molar-refractivity contribution in [3.63, 3.8) is 0 Å². The van der Waals surface area contributed by atoms with Crippen LogP contribution in [-0.4, -0.2) is 6.54 Å². The van der Waals surface area contributed by atoms with E-state index >= 15 is 0 Å². The number of hydrogen-bond acceptors (Lipinski definition) is 2. The highest BCUT2D eigenvalue weighted by Gasteiger charge is 1.48. The Hall–Kier alpha value is -0.260. The van der Waals surface area contributed by atoms with Crippen molar-refractivity contribution >= 4 is 12.4 Å². The molecule has 0 saturated heterocycles. The third kappa shape index (κ3) is 20.7. The van der Waals surface area contributed by atoms with Gasteiger partial charge in [-0.2, -0.15) is 5.26 Å². The molecule has 0 bridgehead atoms. The first kappa shape index (κ1) is 8.83. The molecule has 0 radical (unpaired) electrons. The predicted octanol–water partition coefficient (Wildman–Crippen LogP) is -0.110. The van der Waals surface area contributed by atoms with Gasteiger partial charge in [-0.25, -0.2) is 0 Å². The molecule has 0 rings (SSSR count). The second-order valence-corrected chi connectivity index (χ2v) is 0.362. The highest BCUT2D eigenvalue weighted by Crippen LogP contribution is 1.25. The molecule has 2 nitrogen and oxygen atoms in total. The molecule has 0 unspecified atom stereocenters. The van der Waals surface area contributed by atoms with Crippen LogP contribution in [0.1, 0.15) is 0 Å². The molecule has 0 amide bonds. The molecule has 0 heterocycles. The minimum absolute atomic E-state index is 0. The van der Waals surface area contributed by atoms with Crippen molar-refractivity contribution in [2.75, 3.05) is 6.54 Å². The van der Waals surface area contributed by atoms with Gasteiger partial charge in [0.25, 0.3) is 0 Å². The number of rotatable bonds is 0. The molecule has 0 aliphatic heterocycles. The first-order chi connectivity index (χ1) is 1.91. The fourth-order valence-corrected chi connectivity index (χ4v) is 0. The molecule has 0 aliphatic rings. The Bertz CT molecular complexity index is 37.4. The van der Waals surface area contributed by atoms with Crippen LogP contribution < -0.4 is 5.73 Å². The summed E-state index contributed by atoms with van der Waals surface area (Å²) in [5.74, 6) is 0. The van der Waals surface area contributed by atoms with Crippen molar-refractivity contribution in [3.05, 3.63) is 0 Å². The SMILES string of the molecule is Cl.N#CCN. The van der Waals surface area contributed by atoms with E-state index in [1.165, 1.54) is 0 Å². The van der Waals surface area contributed by atoms with Gasteiger partial charge in [0, 0.05) is 0 Å². The number of halogens is 1. The molecule has 3 heteroatoms. The fourth-order valence-electron chi connectivity index (χ4n) is 0. The maximum atomic E-state index is 7.50. The molecular formula is C2H5ClN2. The zero-order valence-corrected chi connectivity index (χ0v) is 3.46. The third-order valence-electron chi connectivity index (χ3n) is 0.0913. The zero-order chi connectivity index (χ0) is 3.41. The van der Waals surface area contributed by atoms with Crippen LogP contribution in [-0.2, 0) is 0 Å². The second kappa shape index (κ2) is 9.27. The molecule has 0 aliphatic carbocycles. The predicted molar refractivity (Wildman–Crippen MR) is 21.9 cm³/mol. The Kier molecular flexibility index (Phi) is 16.4. The minimum Gasteiger partial charge on any atom is -0.318 e. The van der Waals surface area contributed by atoms with Crippen LogP contribution in [0.2, 0.25) is 0 Å². The Morgan fingerprint density at radius 2 is 2.00 bits per heavy atom. The lowest BCUT2D eigenvalue weighted by Crippen LogP contribution is -1.91. The summed E-state index contributed by atoms with van der Waals surface area (Å²) >= 11 is 0. The van der Waals surface area contributed by atoms with Crippen LogP contribution in [0.25, 0.3) is 0 Å². The van der Waals surface area contributed by atoms with Crippen molar-refractivity contribution in [2.45, 2.75) is 0 Å². The second-order valence-electron chi connectivity index (χ2n) is 0.362. The molecule has 0 saturated carbocycles. The topological polar surface area (TPSA) is 49.8 Å². The van der Waals surface area contributed by atoms with Crippen molar-refractivity contribution in [1.29, 1.82) is 5.26 Å². The summed E-state index contributed by atoms with van der Waals surface area (Å²) in [5.41, 5.74) is 4.67. The fraction of sp³-hybridized carbons (Fsp3) is 0.500. The van der Waals surface area contributed by atoms with Crippen molar-refractivity contribution in [2.24, 2.45) is 5.73 Å². The summed E-state index contributed by atoms with van der Waals surface area (Å²) in [6.45, 7) is 0.125. The first-order valence-electron chi connectivity index (χ1n) is 0.985. The molecule has 0 spiro atoms. The van der Waals surface area contributed by atoms with Gasteiger partial charge < -0.3 is 5.73 Å². The Labute approximate surface area is 37.0 Å². The normalized spacial score (nSPS) is 4.00. The van der Waals surface area contributed by atoms with Crippen molar-refractivity contribution in [1.82, 2.24) is 0 Å². The quantitative estimate of drug-likeness (QED) is 0.424. The zero-order valence-electron chi connectivity index (χ0n) is 2.64. The molecule has 30 valence electrons. The molecule has 0 atom stereocenters. The van der Waals surface area contributed by atoms with Gasteiger partial charge in [-0.3, -0.25) is 0 Å². The van der Waals surface area contributed by atoms with Crippen LogP contribution in [0.15, 0.2) is 0 Å². The van der Waals surface area contributed by atoms with Crippen LogP contribution in [0.5, 0.6) is 0 Å². The van der Waals surface area contributed by atoms with Gasteiger partial charge in [-0.05, 0) is 0 Å². The van der Waals surface area contributed by atoms with Gasteiger partial charge in [-0.15, -0.1) is 12.4 Å². The minimum atomic E-state index is 0. The van der Waals surface area contributed by atoms with Crippen LogP contribution in [0.3, 0.4) is 0 Å². The summed E-state index contributed by atoms with van der Waals surface area (Å²) in [6.07, 6.45) is 0.